The zero-order valence-corrected chi connectivity index (χ0v) is 17.4. The van der Waals surface area contributed by atoms with Crippen molar-refractivity contribution in [3.8, 4) is 0 Å². The second kappa shape index (κ2) is 8.05. The van der Waals surface area contributed by atoms with Crippen molar-refractivity contribution in [2.24, 2.45) is 0 Å². The van der Waals surface area contributed by atoms with Crippen molar-refractivity contribution < 1.29 is 13.2 Å². The normalized spacial score (nSPS) is 16.4. The summed E-state index contributed by atoms with van der Waals surface area (Å²) in [6, 6.07) is 5.28. The maximum absolute atomic E-state index is 12.9. The Bertz CT molecular complexity index is 932. The summed E-state index contributed by atoms with van der Waals surface area (Å²) in [6.45, 7) is 8.21. The third-order valence-electron chi connectivity index (χ3n) is 4.67. The third-order valence-corrected chi connectivity index (χ3v) is 7.37. The minimum absolute atomic E-state index is 0.138. The number of sulfonamides is 1. The summed E-state index contributed by atoms with van der Waals surface area (Å²) < 4.78 is 27.3. The molecular weight excluding hydrogens is 384 g/mol. The quantitative estimate of drug-likeness (QED) is 0.820. The smallest absolute Gasteiger partial charge is 0.243 e. The van der Waals surface area contributed by atoms with Crippen LogP contribution in [-0.2, 0) is 21.4 Å². The molecule has 27 heavy (non-hydrogen) atoms. The van der Waals surface area contributed by atoms with E-state index in [-0.39, 0.29) is 5.91 Å². The fraction of sp³-hybridized carbons (Fsp3) is 0.444. The molecule has 0 atom stereocenters. The van der Waals surface area contributed by atoms with Crippen LogP contribution in [-0.4, -0.2) is 54.7 Å². The Kier molecular flexibility index (Phi) is 5.95. The maximum Gasteiger partial charge on any atom is 0.243 e. The predicted molar refractivity (Wildman–Crippen MR) is 106 cm³/mol. The lowest BCUT2D eigenvalue weighted by molar-refractivity contribution is -0.114. The highest BCUT2D eigenvalue weighted by molar-refractivity contribution is 7.89. The van der Waals surface area contributed by atoms with E-state index in [1.165, 1.54) is 18.3 Å². The molecule has 1 saturated heterocycles. The van der Waals surface area contributed by atoms with E-state index >= 15 is 0 Å². The number of carbonyl (C=O) groups excluding carboxylic acids is 1. The summed E-state index contributed by atoms with van der Waals surface area (Å²) in [7, 11) is -3.46. The van der Waals surface area contributed by atoms with Crippen LogP contribution < -0.4 is 5.32 Å². The van der Waals surface area contributed by atoms with Crippen molar-refractivity contribution in [3.05, 3.63) is 40.4 Å². The minimum atomic E-state index is -3.46. The first-order valence-electron chi connectivity index (χ1n) is 8.77. The van der Waals surface area contributed by atoms with E-state index in [4.69, 9.17) is 0 Å². The number of amides is 1. The van der Waals surface area contributed by atoms with Gasteiger partial charge in [0.15, 0.2) is 5.13 Å². The first-order chi connectivity index (χ1) is 12.8. The number of thiazole rings is 1. The predicted octanol–water partition coefficient (Wildman–Crippen LogP) is 2.22. The van der Waals surface area contributed by atoms with Crippen LogP contribution in [0.3, 0.4) is 0 Å². The van der Waals surface area contributed by atoms with Crippen LogP contribution in [0.15, 0.2) is 28.5 Å². The molecule has 1 aliphatic rings. The molecule has 1 aromatic carbocycles. The Labute approximate surface area is 164 Å². The van der Waals surface area contributed by atoms with E-state index in [0.717, 1.165) is 16.8 Å². The van der Waals surface area contributed by atoms with Gasteiger partial charge in [-0.15, -0.1) is 11.3 Å². The summed E-state index contributed by atoms with van der Waals surface area (Å²) in [5, 5.41) is 5.19. The lowest BCUT2D eigenvalue weighted by Crippen LogP contribution is -2.48. The molecule has 146 valence electrons. The van der Waals surface area contributed by atoms with Crippen LogP contribution in [0.4, 0.5) is 5.13 Å². The Morgan fingerprint density at radius 1 is 1.19 bits per heavy atom. The fourth-order valence-electron chi connectivity index (χ4n) is 2.97. The second-order valence-electron chi connectivity index (χ2n) is 6.75. The standard InChI is InChI=1S/C18H24N4O3S2/c1-13-4-5-17(10-14(13)2)27(24,25)22-8-6-21(7-9-22)11-16-12-26-18(20-16)19-15(3)23/h4-5,10,12H,6-9,11H2,1-3H3,(H,19,20,23). The van der Waals surface area contributed by atoms with Gasteiger partial charge >= 0.3 is 0 Å². The van der Waals surface area contributed by atoms with Gasteiger partial charge in [-0.3, -0.25) is 9.69 Å². The topological polar surface area (TPSA) is 82.6 Å². The van der Waals surface area contributed by atoms with Crippen LogP contribution >= 0.6 is 11.3 Å². The molecule has 2 heterocycles. The SMILES string of the molecule is CC(=O)Nc1nc(CN2CCN(S(=O)(=O)c3ccc(C)c(C)c3)CC2)cs1. The number of carbonyl (C=O) groups is 1. The van der Waals surface area contributed by atoms with E-state index in [0.29, 0.717) is 42.8 Å². The summed E-state index contributed by atoms with van der Waals surface area (Å²) >= 11 is 1.39. The largest absolute Gasteiger partial charge is 0.302 e. The molecule has 1 aliphatic heterocycles. The van der Waals surface area contributed by atoms with Gasteiger partial charge in [0.1, 0.15) is 0 Å². The average molecular weight is 409 g/mol. The van der Waals surface area contributed by atoms with Crippen LogP contribution in [0.1, 0.15) is 23.7 Å². The Morgan fingerprint density at radius 3 is 2.52 bits per heavy atom. The zero-order valence-electron chi connectivity index (χ0n) is 15.7. The van der Waals surface area contributed by atoms with Gasteiger partial charge in [0.05, 0.1) is 10.6 Å². The molecule has 0 unspecified atom stereocenters. The monoisotopic (exact) mass is 408 g/mol. The first kappa shape index (κ1) is 19.9. The van der Waals surface area contributed by atoms with Gasteiger partial charge < -0.3 is 5.32 Å². The number of nitrogens with zero attached hydrogens (tertiary/aromatic N) is 3. The molecule has 0 radical (unpaired) electrons. The number of hydrogen-bond acceptors (Lipinski definition) is 6. The van der Waals surface area contributed by atoms with Crippen molar-refractivity contribution >= 4 is 32.4 Å². The molecule has 1 fully saturated rings. The van der Waals surface area contributed by atoms with Crippen molar-refractivity contribution in [1.82, 2.24) is 14.2 Å². The number of benzene rings is 1. The highest BCUT2D eigenvalue weighted by Gasteiger charge is 2.28. The molecule has 0 aliphatic carbocycles. The number of hydrogen-bond donors (Lipinski definition) is 1. The number of aromatic nitrogens is 1. The van der Waals surface area contributed by atoms with Crippen molar-refractivity contribution in [2.45, 2.75) is 32.2 Å². The van der Waals surface area contributed by atoms with E-state index in [9.17, 15) is 13.2 Å². The number of nitrogens with one attached hydrogen (secondary N) is 1. The first-order valence-corrected chi connectivity index (χ1v) is 11.1. The molecule has 7 nitrogen and oxygen atoms in total. The molecule has 3 rings (SSSR count). The average Bonchev–Trinajstić information content (AvgIpc) is 3.03. The van der Waals surface area contributed by atoms with Gasteiger partial charge in [-0.2, -0.15) is 4.31 Å². The van der Waals surface area contributed by atoms with Crippen LogP contribution in [0.25, 0.3) is 0 Å². The number of rotatable bonds is 5. The summed E-state index contributed by atoms with van der Waals surface area (Å²) in [5.41, 5.74) is 2.95. The highest BCUT2D eigenvalue weighted by atomic mass is 32.2. The molecule has 0 saturated carbocycles. The van der Waals surface area contributed by atoms with Crippen molar-refractivity contribution in [3.63, 3.8) is 0 Å². The lowest BCUT2D eigenvalue weighted by Gasteiger charge is -2.33. The highest BCUT2D eigenvalue weighted by Crippen LogP contribution is 2.22. The van der Waals surface area contributed by atoms with Crippen molar-refractivity contribution in [1.29, 1.82) is 0 Å². The molecule has 1 aromatic heterocycles. The van der Waals surface area contributed by atoms with E-state index < -0.39 is 10.0 Å². The molecule has 1 N–H and O–H groups in total. The summed E-state index contributed by atoms with van der Waals surface area (Å²) in [5.74, 6) is -0.138. The van der Waals surface area contributed by atoms with Crippen molar-refractivity contribution in [2.75, 3.05) is 31.5 Å². The Morgan fingerprint density at radius 2 is 1.89 bits per heavy atom. The fourth-order valence-corrected chi connectivity index (χ4v) is 5.22. The van der Waals surface area contributed by atoms with Gasteiger partial charge in [0.25, 0.3) is 0 Å². The number of aryl methyl sites for hydroxylation is 2. The number of piperazine rings is 1. The second-order valence-corrected chi connectivity index (χ2v) is 9.55. The van der Waals surface area contributed by atoms with Crippen LogP contribution in [0.2, 0.25) is 0 Å². The third kappa shape index (κ3) is 4.73. The Balaban J connectivity index is 1.60. The molecule has 0 bridgehead atoms. The maximum atomic E-state index is 12.9. The summed E-state index contributed by atoms with van der Waals surface area (Å²) in [4.78, 5) is 18.0. The molecule has 1 amide bonds. The van der Waals surface area contributed by atoms with Gasteiger partial charge in [-0.05, 0) is 37.1 Å². The van der Waals surface area contributed by atoms with Gasteiger partial charge in [0.2, 0.25) is 15.9 Å². The lowest BCUT2D eigenvalue weighted by atomic mass is 10.1. The van der Waals surface area contributed by atoms with Crippen LogP contribution in [0.5, 0.6) is 0 Å². The molecule has 0 spiro atoms. The van der Waals surface area contributed by atoms with E-state index in [1.54, 1.807) is 16.4 Å². The Hall–Kier alpha value is -1.81. The minimum Gasteiger partial charge on any atom is -0.302 e. The number of anilines is 1. The molecule has 9 heteroatoms. The molecule has 2 aromatic rings. The van der Waals surface area contributed by atoms with E-state index in [2.05, 4.69) is 15.2 Å². The summed E-state index contributed by atoms with van der Waals surface area (Å²) in [6.07, 6.45) is 0. The zero-order chi connectivity index (χ0) is 19.6. The van der Waals surface area contributed by atoms with E-state index in [1.807, 2.05) is 25.3 Å². The van der Waals surface area contributed by atoms with Gasteiger partial charge in [0, 0.05) is 45.0 Å². The van der Waals surface area contributed by atoms with Gasteiger partial charge in [-0.25, -0.2) is 13.4 Å². The van der Waals surface area contributed by atoms with Gasteiger partial charge in [-0.1, -0.05) is 6.07 Å². The molecular formula is C18H24N4O3S2. The van der Waals surface area contributed by atoms with Crippen LogP contribution in [0, 0.1) is 13.8 Å².